The van der Waals surface area contributed by atoms with E-state index in [1.54, 1.807) is 0 Å². The molecule has 2 rings (SSSR count). The van der Waals surface area contributed by atoms with Crippen LogP contribution in [0.15, 0.2) is 23.2 Å². The smallest absolute Gasteiger partial charge is 0.358 e. The van der Waals surface area contributed by atoms with Gasteiger partial charge in [-0.2, -0.15) is 4.31 Å². The van der Waals surface area contributed by atoms with E-state index in [0.29, 0.717) is 19.6 Å². The first-order chi connectivity index (χ1) is 9.25. The predicted molar refractivity (Wildman–Crippen MR) is 71.7 cm³/mol. The van der Waals surface area contributed by atoms with Crippen LogP contribution in [-0.4, -0.2) is 47.8 Å². The highest BCUT2D eigenvalue weighted by Crippen LogP contribution is 2.26. The Kier molecular flexibility index (Phi) is 3.76. The van der Waals surface area contributed by atoms with E-state index in [4.69, 9.17) is 0 Å². The van der Waals surface area contributed by atoms with Crippen molar-refractivity contribution in [1.82, 2.24) is 14.6 Å². The molecule has 0 amide bonds. The molecule has 1 aliphatic rings. The molecule has 0 bridgehead atoms. The zero-order valence-electron chi connectivity index (χ0n) is 11.2. The molecule has 0 atom stereocenters. The third-order valence-electron chi connectivity index (χ3n) is 3.22. The summed E-state index contributed by atoms with van der Waals surface area (Å²) < 4.78 is 26.5. The molecule has 2 heterocycles. The van der Waals surface area contributed by atoms with Crippen molar-refractivity contribution in [2.24, 2.45) is 0 Å². The predicted octanol–water partition coefficient (Wildman–Crippen LogP) is 0.362. The number of nitrogens with one attached hydrogen (secondary N) is 1. The van der Waals surface area contributed by atoms with E-state index in [2.05, 4.69) is 10.3 Å². The normalized spacial score (nSPS) is 19.7. The molecular formula is C11H16N4O4S. The summed E-state index contributed by atoms with van der Waals surface area (Å²) in [7, 11) is -3.70. The van der Waals surface area contributed by atoms with Gasteiger partial charge in [0, 0.05) is 31.2 Å². The van der Waals surface area contributed by atoms with Gasteiger partial charge in [0.05, 0.1) is 0 Å². The average molecular weight is 300 g/mol. The number of nitro groups is 1. The largest absolute Gasteiger partial charge is 0.363 e. The van der Waals surface area contributed by atoms with Crippen molar-refractivity contribution < 1.29 is 13.3 Å². The van der Waals surface area contributed by atoms with Crippen molar-refractivity contribution in [3.63, 3.8) is 0 Å². The number of nitrogens with zero attached hydrogens (tertiary/aromatic N) is 3. The second-order valence-electron chi connectivity index (χ2n) is 5.18. The lowest BCUT2D eigenvalue weighted by molar-refractivity contribution is -0.389. The Morgan fingerprint density at radius 1 is 1.45 bits per heavy atom. The van der Waals surface area contributed by atoms with Crippen LogP contribution < -0.4 is 5.32 Å². The van der Waals surface area contributed by atoms with Gasteiger partial charge in [-0.05, 0) is 29.8 Å². The van der Waals surface area contributed by atoms with Crippen LogP contribution in [0.2, 0.25) is 0 Å². The fraction of sp³-hybridized carbons (Fsp3) is 0.545. The molecule has 20 heavy (non-hydrogen) atoms. The van der Waals surface area contributed by atoms with Crippen molar-refractivity contribution in [1.29, 1.82) is 0 Å². The Morgan fingerprint density at radius 2 is 2.15 bits per heavy atom. The molecule has 8 nitrogen and oxygen atoms in total. The second-order valence-corrected chi connectivity index (χ2v) is 7.04. The van der Waals surface area contributed by atoms with Crippen molar-refractivity contribution in [2.75, 3.05) is 19.6 Å². The summed E-state index contributed by atoms with van der Waals surface area (Å²) in [4.78, 5) is 13.4. The summed E-state index contributed by atoms with van der Waals surface area (Å²) in [5, 5.41) is 13.7. The molecule has 0 aromatic carbocycles. The number of sulfonamides is 1. The molecule has 0 unspecified atom stereocenters. The topological polar surface area (TPSA) is 105 Å². The van der Waals surface area contributed by atoms with E-state index in [0.717, 1.165) is 12.3 Å². The van der Waals surface area contributed by atoms with Crippen LogP contribution >= 0.6 is 0 Å². The number of hydrogen-bond donors (Lipinski definition) is 1. The summed E-state index contributed by atoms with van der Waals surface area (Å²) in [5.74, 6) is -0.372. The molecule has 0 spiro atoms. The van der Waals surface area contributed by atoms with E-state index in [1.165, 1.54) is 10.4 Å². The molecule has 1 aromatic heterocycles. The Morgan fingerprint density at radius 3 is 2.65 bits per heavy atom. The van der Waals surface area contributed by atoms with Gasteiger partial charge in [-0.1, -0.05) is 0 Å². The summed E-state index contributed by atoms with van der Waals surface area (Å²) in [6.45, 7) is 5.13. The van der Waals surface area contributed by atoms with Crippen LogP contribution in [0.1, 0.15) is 13.8 Å². The summed E-state index contributed by atoms with van der Waals surface area (Å²) in [5.41, 5.74) is -0.557. The van der Waals surface area contributed by atoms with Gasteiger partial charge >= 0.3 is 5.82 Å². The number of piperazine rings is 1. The van der Waals surface area contributed by atoms with Crippen LogP contribution in [0.25, 0.3) is 0 Å². The first-order valence-electron chi connectivity index (χ1n) is 6.09. The second kappa shape index (κ2) is 5.08. The SMILES string of the molecule is CC1(C)CNCCN1S(=O)(=O)c1ccc([N+](=O)[O-])nc1. The van der Waals surface area contributed by atoms with Gasteiger partial charge in [0.25, 0.3) is 0 Å². The average Bonchev–Trinajstić information content (AvgIpc) is 2.38. The molecule has 1 saturated heterocycles. The number of rotatable bonds is 3. The van der Waals surface area contributed by atoms with E-state index >= 15 is 0 Å². The minimum absolute atomic E-state index is 0.0296. The summed E-state index contributed by atoms with van der Waals surface area (Å²) >= 11 is 0. The Bertz CT molecular complexity index is 612. The maximum absolute atomic E-state index is 12.6. The van der Waals surface area contributed by atoms with E-state index in [-0.39, 0.29) is 10.7 Å². The first-order valence-corrected chi connectivity index (χ1v) is 7.53. The van der Waals surface area contributed by atoms with E-state index < -0.39 is 20.5 Å². The quantitative estimate of drug-likeness (QED) is 0.638. The van der Waals surface area contributed by atoms with Crippen molar-refractivity contribution in [2.45, 2.75) is 24.3 Å². The number of pyridine rings is 1. The van der Waals surface area contributed by atoms with Crippen molar-refractivity contribution >= 4 is 15.8 Å². The molecule has 1 aliphatic heterocycles. The van der Waals surface area contributed by atoms with Gasteiger partial charge < -0.3 is 15.4 Å². The van der Waals surface area contributed by atoms with Crippen LogP contribution in [0, 0.1) is 10.1 Å². The molecular weight excluding hydrogens is 284 g/mol. The Balaban J connectivity index is 2.36. The molecule has 1 N–H and O–H groups in total. The van der Waals surface area contributed by atoms with Gasteiger partial charge in [0.1, 0.15) is 4.90 Å². The highest BCUT2D eigenvalue weighted by atomic mass is 32.2. The van der Waals surface area contributed by atoms with Crippen LogP contribution in [0.5, 0.6) is 0 Å². The maximum atomic E-state index is 12.6. The van der Waals surface area contributed by atoms with E-state index in [1.807, 2.05) is 13.8 Å². The molecule has 0 radical (unpaired) electrons. The molecule has 9 heteroatoms. The highest BCUT2D eigenvalue weighted by Gasteiger charge is 2.39. The monoisotopic (exact) mass is 300 g/mol. The van der Waals surface area contributed by atoms with Gasteiger partial charge in [0.15, 0.2) is 6.20 Å². The van der Waals surface area contributed by atoms with Gasteiger partial charge in [-0.25, -0.2) is 8.42 Å². The third-order valence-corrected chi connectivity index (χ3v) is 5.31. The Labute approximate surface area is 117 Å². The first kappa shape index (κ1) is 14.8. The fourth-order valence-corrected chi connectivity index (χ4v) is 3.90. The Hall–Kier alpha value is -1.58. The standard InChI is InChI=1S/C11H16N4O4S/c1-11(2)8-12-5-6-14(11)20(18,19)9-3-4-10(13-7-9)15(16)17/h3-4,7,12H,5-6,8H2,1-2H3. The highest BCUT2D eigenvalue weighted by molar-refractivity contribution is 7.89. The minimum atomic E-state index is -3.70. The van der Waals surface area contributed by atoms with Crippen molar-refractivity contribution in [3.8, 4) is 0 Å². The van der Waals surface area contributed by atoms with Crippen LogP contribution in [-0.2, 0) is 10.0 Å². The van der Waals surface area contributed by atoms with Gasteiger partial charge in [-0.15, -0.1) is 0 Å². The summed E-state index contributed by atoms with van der Waals surface area (Å²) in [6.07, 6.45) is 1.03. The van der Waals surface area contributed by atoms with E-state index in [9.17, 15) is 18.5 Å². The molecule has 1 aromatic rings. The summed E-state index contributed by atoms with van der Waals surface area (Å²) in [6, 6.07) is 2.32. The lowest BCUT2D eigenvalue weighted by Gasteiger charge is -2.41. The third kappa shape index (κ3) is 2.65. The molecule has 0 saturated carbocycles. The molecule has 1 fully saturated rings. The van der Waals surface area contributed by atoms with Crippen LogP contribution in [0.4, 0.5) is 5.82 Å². The molecule has 110 valence electrons. The number of aromatic nitrogens is 1. The van der Waals surface area contributed by atoms with Gasteiger partial charge in [0.2, 0.25) is 10.0 Å². The van der Waals surface area contributed by atoms with Crippen molar-refractivity contribution in [3.05, 3.63) is 28.4 Å². The minimum Gasteiger partial charge on any atom is -0.358 e. The zero-order valence-corrected chi connectivity index (χ0v) is 12.1. The number of hydrogen-bond acceptors (Lipinski definition) is 6. The fourth-order valence-electron chi connectivity index (χ4n) is 2.17. The maximum Gasteiger partial charge on any atom is 0.363 e. The lowest BCUT2D eigenvalue weighted by atomic mass is 10.0. The van der Waals surface area contributed by atoms with Gasteiger partial charge in [-0.3, -0.25) is 0 Å². The molecule has 0 aliphatic carbocycles. The van der Waals surface area contributed by atoms with Crippen LogP contribution in [0.3, 0.4) is 0 Å². The zero-order chi connectivity index (χ0) is 15.0. The lowest BCUT2D eigenvalue weighted by Crippen LogP contribution is -2.59.